The third-order valence-corrected chi connectivity index (χ3v) is 4.61. The highest BCUT2D eigenvalue weighted by Gasteiger charge is 2.20. The van der Waals surface area contributed by atoms with Crippen molar-refractivity contribution in [3.05, 3.63) is 72.4 Å². The van der Waals surface area contributed by atoms with Crippen molar-refractivity contribution in [2.24, 2.45) is 5.73 Å². The molecule has 27 heavy (non-hydrogen) atoms. The minimum atomic E-state index is -0.502. The van der Waals surface area contributed by atoms with Gasteiger partial charge in [-0.25, -0.2) is 0 Å². The molecule has 7 heteroatoms. The van der Waals surface area contributed by atoms with Gasteiger partial charge in [-0.15, -0.1) is 0 Å². The lowest BCUT2D eigenvalue weighted by atomic mass is 9.98. The fourth-order valence-electron chi connectivity index (χ4n) is 3.24. The van der Waals surface area contributed by atoms with E-state index in [1.165, 1.54) is 6.20 Å². The average Bonchev–Trinajstić information content (AvgIpc) is 3.29. The molecule has 136 valence electrons. The molecule has 0 aliphatic rings. The molecule has 5 N–H and O–H groups in total. The molecule has 1 unspecified atom stereocenters. The maximum atomic E-state index is 13.9. The zero-order valence-corrected chi connectivity index (χ0v) is 14.4. The monoisotopic (exact) mass is 363 g/mol. The Morgan fingerprint density at radius 3 is 2.67 bits per heavy atom. The van der Waals surface area contributed by atoms with Crippen LogP contribution in [0.4, 0.5) is 10.1 Å². The van der Waals surface area contributed by atoms with Gasteiger partial charge in [0, 0.05) is 23.7 Å². The molecule has 2 aromatic heterocycles. The number of fused-ring (bicyclic) bond motifs is 1. The summed E-state index contributed by atoms with van der Waals surface area (Å²) in [6, 6.07) is 14.9. The van der Waals surface area contributed by atoms with Crippen molar-refractivity contribution in [2.75, 3.05) is 11.9 Å². The van der Waals surface area contributed by atoms with Gasteiger partial charge in [-0.2, -0.15) is 9.49 Å². The van der Waals surface area contributed by atoms with Gasteiger partial charge in [-0.1, -0.05) is 42.5 Å². The third kappa shape index (κ3) is 3.09. The van der Waals surface area contributed by atoms with Gasteiger partial charge >= 0.3 is 0 Å². The minimum Gasteiger partial charge on any atom is -0.359 e. The molecule has 0 fully saturated rings. The number of benzene rings is 2. The lowest BCUT2D eigenvalue weighted by Gasteiger charge is -2.15. The summed E-state index contributed by atoms with van der Waals surface area (Å²) in [5, 5.41) is 9.75. The fraction of sp³-hybridized carbons (Fsp3) is 0.100. The van der Waals surface area contributed by atoms with Crippen LogP contribution < -0.4 is 11.1 Å². The Hall–Kier alpha value is -3.45. The number of para-hydroxylation sites is 1. The molecule has 6 nitrogen and oxygen atoms in total. The van der Waals surface area contributed by atoms with Crippen molar-refractivity contribution in [3.63, 3.8) is 0 Å². The topological polar surface area (TPSA) is 99.6 Å². The lowest BCUT2D eigenvalue weighted by molar-refractivity contribution is -0.117. The maximum absolute atomic E-state index is 13.9. The number of amides is 1. The van der Waals surface area contributed by atoms with Crippen LogP contribution in [0.3, 0.4) is 0 Å². The molecule has 0 radical (unpaired) electrons. The van der Waals surface area contributed by atoms with Crippen LogP contribution in [0.15, 0.2) is 60.9 Å². The normalized spacial score (nSPS) is 12.2. The molecule has 1 amide bonds. The first-order valence-corrected chi connectivity index (χ1v) is 8.54. The Morgan fingerprint density at radius 2 is 1.96 bits per heavy atom. The van der Waals surface area contributed by atoms with E-state index < -0.39 is 11.9 Å². The Labute approximate surface area is 154 Å². The van der Waals surface area contributed by atoms with Crippen molar-refractivity contribution in [1.29, 1.82) is 0 Å². The molecule has 4 rings (SSSR count). The van der Waals surface area contributed by atoms with Gasteiger partial charge in [-0.3, -0.25) is 9.89 Å². The summed E-state index contributed by atoms with van der Waals surface area (Å²) in [6.07, 6.45) is 3.13. The summed E-state index contributed by atoms with van der Waals surface area (Å²) in [4.78, 5) is 15.9. The third-order valence-electron chi connectivity index (χ3n) is 4.61. The largest absolute Gasteiger partial charge is 0.359 e. The van der Waals surface area contributed by atoms with E-state index in [0.29, 0.717) is 22.3 Å². The number of carbonyl (C=O) groups is 1. The fourth-order valence-corrected chi connectivity index (χ4v) is 3.24. The van der Waals surface area contributed by atoms with Crippen LogP contribution in [0, 0.1) is 5.95 Å². The van der Waals surface area contributed by atoms with Crippen LogP contribution in [0.2, 0.25) is 0 Å². The van der Waals surface area contributed by atoms with Gasteiger partial charge in [-0.05, 0) is 11.6 Å². The maximum Gasteiger partial charge on any atom is 0.233 e. The van der Waals surface area contributed by atoms with Gasteiger partial charge in [0.2, 0.25) is 11.9 Å². The Bertz CT molecular complexity index is 1090. The summed E-state index contributed by atoms with van der Waals surface area (Å²) in [7, 11) is 0. The zero-order valence-electron chi connectivity index (χ0n) is 14.4. The number of aromatic amines is 2. The smallest absolute Gasteiger partial charge is 0.233 e. The number of rotatable bonds is 5. The molecule has 4 aromatic rings. The first-order valence-electron chi connectivity index (χ1n) is 8.54. The van der Waals surface area contributed by atoms with E-state index in [-0.39, 0.29) is 12.5 Å². The second-order valence-electron chi connectivity index (χ2n) is 6.22. The summed E-state index contributed by atoms with van der Waals surface area (Å²) in [5.41, 5.74) is 9.06. The van der Waals surface area contributed by atoms with Crippen LogP contribution in [-0.4, -0.2) is 27.6 Å². The average molecular weight is 363 g/mol. The lowest BCUT2D eigenvalue weighted by Crippen LogP contribution is -2.27. The second kappa shape index (κ2) is 7.05. The van der Waals surface area contributed by atoms with Crippen LogP contribution in [0.5, 0.6) is 0 Å². The minimum absolute atomic E-state index is 0.193. The van der Waals surface area contributed by atoms with E-state index in [2.05, 4.69) is 20.5 Å². The number of aromatic nitrogens is 3. The van der Waals surface area contributed by atoms with Crippen LogP contribution in [0.1, 0.15) is 11.5 Å². The van der Waals surface area contributed by atoms with Crippen molar-refractivity contribution >= 4 is 22.5 Å². The number of H-pyrrole nitrogens is 2. The number of hydrogen-bond acceptors (Lipinski definition) is 3. The SMILES string of the molecule is NCC(C(=O)Nc1cccc2c(-c3cn[nH]c3F)c[nH]c12)c1ccccc1. The highest BCUT2D eigenvalue weighted by molar-refractivity contribution is 6.07. The van der Waals surface area contributed by atoms with E-state index in [1.54, 1.807) is 12.3 Å². The number of nitrogens with one attached hydrogen (secondary N) is 3. The molecule has 0 spiro atoms. The second-order valence-corrected chi connectivity index (χ2v) is 6.22. The Balaban J connectivity index is 1.68. The van der Waals surface area contributed by atoms with E-state index in [4.69, 9.17) is 5.73 Å². The van der Waals surface area contributed by atoms with Crippen molar-refractivity contribution < 1.29 is 9.18 Å². The first kappa shape index (κ1) is 17.0. The molecule has 0 aliphatic carbocycles. The van der Waals surface area contributed by atoms with Gasteiger partial charge in [0.05, 0.1) is 28.9 Å². The van der Waals surface area contributed by atoms with Crippen LogP contribution in [-0.2, 0) is 4.79 Å². The highest BCUT2D eigenvalue weighted by atomic mass is 19.1. The zero-order chi connectivity index (χ0) is 18.8. The van der Waals surface area contributed by atoms with E-state index in [1.807, 2.05) is 42.5 Å². The highest BCUT2D eigenvalue weighted by Crippen LogP contribution is 2.33. The standard InChI is InChI=1S/C20H18FN5O/c21-19-16(11-24-26-19)15-10-23-18-13(15)7-4-8-17(18)25-20(27)14(9-22)12-5-2-1-3-6-12/h1-8,10-11,14,23H,9,22H2,(H,24,26)(H,25,27). The predicted molar refractivity (Wildman–Crippen MR) is 103 cm³/mol. The van der Waals surface area contributed by atoms with Gasteiger partial charge < -0.3 is 16.0 Å². The molecule has 0 saturated carbocycles. The van der Waals surface area contributed by atoms with Gasteiger partial charge in [0.1, 0.15) is 0 Å². The molecule has 1 atom stereocenters. The first-order chi connectivity index (χ1) is 13.2. The van der Waals surface area contributed by atoms with E-state index >= 15 is 0 Å². The van der Waals surface area contributed by atoms with Gasteiger partial charge in [0.25, 0.3) is 0 Å². The number of anilines is 1. The Morgan fingerprint density at radius 1 is 1.15 bits per heavy atom. The summed E-state index contributed by atoms with van der Waals surface area (Å²) >= 11 is 0. The van der Waals surface area contributed by atoms with Crippen LogP contribution in [0.25, 0.3) is 22.0 Å². The predicted octanol–water partition coefficient (Wildman–Crippen LogP) is 3.38. The molecule has 0 bridgehead atoms. The number of nitrogens with zero attached hydrogens (tertiary/aromatic N) is 1. The molecular formula is C20H18FN5O. The molecular weight excluding hydrogens is 345 g/mol. The number of nitrogens with two attached hydrogens (primary N) is 1. The summed E-state index contributed by atoms with van der Waals surface area (Å²) in [5.74, 6) is -1.15. The van der Waals surface area contributed by atoms with Crippen molar-refractivity contribution in [3.8, 4) is 11.1 Å². The van der Waals surface area contributed by atoms with E-state index in [9.17, 15) is 9.18 Å². The van der Waals surface area contributed by atoms with E-state index in [0.717, 1.165) is 10.9 Å². The van der Waals surface area contributed by atoms with Crippen molar-refractivity contribution in [2.45, 2.75) is 5.92 Å². The van der Waals surface area contributed by atoms with Crippen molar-refractivity contribution in [1.82, 2.24) is 15.2 Å². The van der Waals surface area contributed by atoms with Gasteiger partial charge in [0.15, 0.2) is 0 Å². The summed E-state index contributed by atoms with van der Waals surface area (Å²) < 4.78 is 13.9. The number of carbonyl (C=O) groups excluding carboxylic acids is 1. The molecule has 0 saturated heterocycles. The Kier molecular flexibility index (Phi) is 4.43. The molecule has 2 heterocycles. The molecule has 0 aliphatic heterocycles. The number of hydrogen-bond donors (Lipinski definition) is 4. The quantitative estimate of drug-likeness (QED) is 0.437. The molecule has 2 aromatic carbocycles. The van der Waals surface area contributed by atoms with Crippen LogP contribution >= 0.6 is 0 Å². The summed E-state index contributed by atoms with van der Waals surface area (Å²) in [6.45, 7) is 0.196. The number of halogens is 1.